The highest BCUT2D eigenvalue weighted by molar-refractivity contribution is 7.47. The molecule has 87 heavy (non-hydrogen) atoms. The maximum Gasteiger partial charge on any atom is 0.472 e. The molecule has 0 saturated heterocycles. The highest BCUT2D eigenvalue weighted by Gasteiger charge is 2.30. The molecule has 0 spiro atoms. The van der Waals surface area contributed by atoms with E-state index >= 15 is 0 Å². The van der Waals surface area contributed by atoms with E-state index in [1.54, 1.807) is 0 Å². The van der Waals surface area contributed by atoms with Crippen LogP contribution in [0.2, 0.25) is 0 Å². The van der Waals surface area contributed by atoms with Gasteiger partial charge < -0.3 is 19.4 Å². The number of quaternary nitrogens is 1. The van der Waals surface area contributed by atoms with E-state index in [1.807, 2.05) is 33.3 Å². The molecule has 0 fully saturated rings. The zero-order valence-corrected chi connectivity index (χ0v) is 58.9. The van der Waals surface area contributed by atoms with Crippen LogP contribution in [-0.4, -0.2) is 74.3 Å². The van der Waals surface area contributed by atoms with Crippen molar-refractivity contribution < 1.29 is 37.3 Å². The van der Waals surface area contributed by atoms with Crippen LogP contribution < -0.4 is 5.32 Å². The Morgan fingerprint density at radius 2 is 0.701 bits per heavy atom. The van der Waals surface area contributed by atoms with Crippen molar-refractivity contribution in [3.05, 3.63) is 85.1 Å². The number of phosphoric ester groups is 1. The van der Waals surface area contributed by atoms with Gasteiger partial charge in [-0.25, -0.2) is 4.57 Å². The third-order valence-electron chi connectivity index (χ3n) is 16.3. The van der Waals surface area contributed by atoms with Crippen LogP contribution in [0.5, 0.6) is 0 Å². The van der Waals surface area contributed by atoms with Gasteiger partial charge in [0.15, 0.2) is 0 Å². The first-order valence-corrected chi connectivity index (χ1v) is 38.4. The third-order valence-corrected chi connectivity index (χ3v) is 17.3. The second kappa shape index (κ2) is 66.1. The molecule has 10 heteroatoms. The van der Waals surface area contributed by atoms with Crippen LogP contribution in [0.1, 0.15) is 342 Å². The van der Waals surface area contributed by atoms with Gasteiger partial charge in [0.05, 0.1) is 33.8 Å². The number of likely N-dealkylation sites (N-methyl/N-ethyl adjacent to an activating group) is 1. The summed E-state index contributed by atoms with van der Waals surface area (Å²) < 4.78 is 30.9. The average Bonchev–Trinajstić information content (AvgIpc) is 3.70. The van der Waals surface area contributed by atoms with Gasteiger partial charge in [-0.15, -0.1) is 0 Å². The molecule has 0 aromatic carbocycles. The minimum Gasteiger partial charge on any atom is -0.456 e. The van der Waals surface area contributed by atoms with Gasteiger partial charge in [0.1, 0.15) is 19.3 Å². The van der Waals surface area contributed by atoms with Crippen molar-refractivity contribution in [1.29, 1.82) is 0 Å². The Balaban J connectivity index is 5.08. The van der Waals surface area contributed by atoms with Crippen molar-refractivity contribution in [3.63, 3.8) is 0 Å². The highest BCUT2D eigenvalue weighted by atomic mass is 31.2. The minimum atomic E-state index is -4.46. The number of hydrogen-bond acceptors (Lipinski definition) is 6. The van der Waals surface area contributed by atoms with Gasteiger partial charge in [-0.2, -0.15) is 0 Å². The Labute approximate surface area is 539 Å². The van der Waals surface area contributed by atoms with Crippen LogP contribution in [0.3, 0.4) is 0 Å². The largest absolute Gasteiger partial charge is 0.472 e. The van der Waals surface area contributed by atoms with Crippen LogP contribution in [0, 0.1) is 0 Å². The monoisotopic (exact) mass is 1240 g/mol. The second-order valence-corrected chi connectivity index (χ2v) is 27.6. The Hall–Kier alpha value is -2.81. The number of unbranched alkanes of at least 4 members (excludes halogenated alkanes) is 39. The molecule has 0 bridgehead atoms. The summed E-state index contributed by atoms with van der Waals surface area (Å²) in [6.07, 6.45) is 88.7. The van der Waals surface area contributed by atoms with E-state index in [2.05, 4.69) is 99.0 Å². The third kappa shape index (κ3) is 67.4. The number of nitrogens with zero attached hydrogens (tertiary/aromatic N) is 1. The summed E-state index contributed by atoms with van der Waals surface area (Å²) in [5, 5.41) is 3.08. The molecule has 0 heterocycles. The van der Waals surface area contributed by atoms with Crippen molar-refractivity contribution in [1.82, 2.24) is 5.32 Å². The van der Waals surface area contributed by atoms with Crippen LogP contribution >= 0.6 is 7.82 Å². The van der Waals surface area contributed by atoms with Crippen molar-refractivity contribution in [2.75, 3.05) is 40.9 Å². The van der Waals surface area contributed by atoms with E-state index in [-0.39, 0.29) is 31.5 Å². The smallest absolute Gasteiger partial charge is 0.456 e. The number of ether oxygens (including phenoxy) is 1. The molecular weight excluding hydrogens is 1100 g/mol. The number of carbonyl (C=O) groups excluding carboxylic acids is 2. The number of rotatable bonds is 67. The van der Waals surface area contributed by atoms with Crippen molar-refractivity contribution >= 4 is 19.7 Å². The summed E-state index contributed by atoms with van der Waals surface area (Å²) >= 11 is 0. The number of amides is 1. The van der Waals surface area contributed by atoms with E-state index in [1.165, 1.54) is 225 Å². The van der Waals surface area contributed by atoms with Crippen LogP contribution in [0.15, 0.2) is 85.1 Å². The second-order valence-electron chi connectivity index (χ2n) is 26.1. The first-order chi connectivity index (χ1) is 42.4. The normalized spacial score (nSPS) is 14.0. The molecule has 506 valence electrons. The first kappa shape index (κ1) is 84.2. The molecule has 3 unspecified atom stereocenters. The number of hydrogen-bond donors (Lipinski definition) is 2. The first-order valence-electron chi connectivity index (χ1n) is 36.9. The molecule has 2 N–H and O–H groups in total. The predicted molar refractivity (Wildman–Crippen MR) is 378 cm³/mol. The molecule has 0 aromatic heterocycles. The molecule has 1 amide bonds. The number of esters is 1. The Bertz CT molecular complexity index is 1760. The molecule has 3 atom stereocenters. The topological polar surface area (TPSA) is 111 Å². The molecular formula is C77H142N2O7P+. The van der Waals surface area contributed by atoms with Crippen LogP contribution in [0.4, 0.5) is 0 Å². The van der Waals surface area contributed by atoms with E-state index in [0.717, 1.165) is 83.5 Å². The molecule has 0 aliphatic rings. The molecule has 0 aromatic rings. The fraction of sp³-hybridized carbons (Fsp3) is 0.792. The van der Waals surface area contributed by atoms with Gasteiger partial charge >= 0.3 is 13.8 Å². The van der Waals surface area contributed by atoms with Crippen molar-refractivity contribution in [3.8, 4) is 0 Å². The summed E-state index contributed by atoms with van der Waals surface area (Å²) in [6, 6.07) is -0.856. The lowest BCUT2D eigenvalue weighted by Crippen LogP contribution is -2.47. The van der Waals surface area contributed by atoms with Gasteiger partial charge in [0, 0.05) is 12.8 Å². The SMILES string of the molecule is CCCCC/C=C\C/C=C\C/C=C\CCCCCCCCCCCCCCC(=O)NC(COP(=O)(O)OCC[N+](C)(C)C)C(/C=C/CCCCCCCCCCCCC)OC(=O)CCCCCCCCCCCC/C=C\C/C=C\C/C=C\CCCCC. The number of allylic oxidation sites excluding steroid dienone is 13. The molecule has 0 rings (SSSR count). The summed E-state index contributed by atoms with van der Waals surface area (Å²) in [4.78, 5) is 38.0. The van der Waals surface area contributed by atoms with Crippen molar-refractivity contribution in [2.24, 2.45) is 0 Å². The lowest BCUT2D eigenvalue weighted by Gasteiger charge is -2.27. The highest BCUT2D eigenvalue weighted by Crippen LogP contribution is 2.43. The number of nitrogens with one attached hydrogen (secondary N) is 1. The molecule has 0 aliphatic carbocycles. The number of carbonyl (C=O) groups is 2. The molecule has 9 nitrogen and oxygen atoms in total. The van der Waals surface area contributed by atoms with Gasteiger partial charge in [-0.1, -0.05) is 305 Å². The Morgan fingerprint density at radius 3 is 1.07 bits per heavy atom. The molecule has 0 radical (unpaired) electrons. The van der Waals surface area contributed by atoms with E-state index < -0.39 is 20.0 Å². The van der Waals surface area contributed by atoms with E-state index in [4.69, 9.17) is 13.8 Å². The van der Waals surface area contributed by atoms with Crippen LogP contribution in [0.25, 0.3) is 0 Å². The maximum absolute atomic E-state index is 13.6. The summed E-state index contributed by atoms with van der Waals surface area (Å²) in [7, 11) is 1.49. The standard InChI is InChI=1S/C77H141N2O7P/c1-7-10-13-16-19-22-25-28-30-32-34-36-38-39-41-42-44-46-48-51-54-57-60-63-66-69-76(80)78-74(73-85-87(82,83)84-72-71-79(4,5)6)75(68-65-62-59-56-53-50-27-24-21-18-15-12-9-3)86-77(81)70-67-64-61-58-55-52-49-47-45-43-40-37-35-33-31-29-26-23-20-17-14-11-8-2/h19-20,22-23,28-31,34-37,65,68,74-75H,7-18,21,24-27,32-33,38-64,66-67,69-73H2,1-6H3,(H-,78,80,82,83)/p+1/b22-19-,23-20-,30-28-,31-29-,36-34-,37-35-,68-65+. The Morgan fingerprint density at radius 1 is 0.402 bits per heavy atom. The fourth-order valence-electron chi connectivity index (χ4n) is 10.6. The molecule has 0 aliphatic heterocycles. The minimum absolute atomic E-state index is 0.0372. The fourth-order valence-corrected chi connectivity index (χ4v) is 11.3. The van der Waals surface area contributed by atoms with Crippen molar-refractivity contribution in [2.45, 2.75) is 354 Å². The number of phosphoric acid groups is 1. The lowest BCUT2D eigenvalue weighted by atomic mass is 10.0. The Kier molecular flexibility index (Phi) is 64.0. The van der Waals surface area contributed by atoms with Gasteiger partial charge in [-0.3, -0.25) is 18.6 Å². The summed E-state index contributed by atoms with van der Waals surface area (Å²) in [5.74, 6) is -0.503. The summed E-state index contributed by atoms with van der Waals surface area (Å²) in [5.41, 5.74) is 0. The van der Waals surface area contributed by atoms with Crippen LogP contribution in [-0.2, 0) is 27.9 Å². The van der Waals surface area contributed by atoms with Gasteiger partial charge in [-0.05, 0) is 109 Å². The van der Waals surface area contributed by atoms with E-state index in [9.17, 15) is 19.0 Å². The van der Waals surface area contributed by atoms with E-state index in [0.29, 0.717) is 17.4 Å². The summed E-state index contributed by atoms with van der Waals surface area (Å²) in [6.45, 7) is 6.99. The quantitative estimate of drug-likeness (QED) is 0.0205. The van der Waals surface area contributed by atoms with Gasteiger partial charge in [0.2, 0.25) is 5.91 Å². The zero-order valence-electron chi connectivity index (χ0n) is 58.0. The van der Waals surface area contributed by atoms with Gasteiger partial charge in [0.25, 0.3) is 0 Å². The maximum atomic E-state index is 13.6. The predicted octanol–water partition coefficient (Wildman–Crippen LogP) is 23.7. The molecule has 0 saturated carbocycles. The average molecular weight is 1240 g/mol. The lowest BCUT2D eigenvalue weighted by molar-refractivity contribution is -0.870. The zero-order chi connectivity index (χ0) is 63.5.